The molecule has 0 unspecified atom stereocenters. The number of thioether (sulfide) groups is 1. The number of aromatic amines is 1. The molecule has 0 saturated carbocycles. The van der Waals surface area contributed by atoms with Gasteiger partial charge in [-0.05, 0) is 19.2 Å². The van der Waals surface area contributed by atoms with Gasteiger partial charge in [0.25, 0.3) is 0 Å². The Hall–Kier alpha value is -1.22. The van der Waals surface area contributed by atoms with Crippen LogP contribution in [0.15, 0.2) is 30.5 Å². The first kappa shape index (κ1) is 10.3. The summed E-state index contributed by atoms with van der Waals surface area (Å²) in [7, 11) is 0. The van der Waals surface area contributed by atoms with E-state index in [1.54, 1.807) is 18.0 Å². The highest BCUT2D eigenvalue weighted by molar-refractivity contribution is 7.99. The molecule has 1 heterocycles. The highest BCUT2D eigenvalue weighted by Gasteiger charge is 2.17. The van der Waals surface area contributed by atoms with Gasteiger partial charge < -0.3 is 4.98 Å². The number of fused-ring (bicyclic) bond motifs is 1. The third kappa shape index (κ3) is 1.79. The van der Waals surface area contributed by atoms with Gasteiger partial charge in [0.2, 0.25) is 0 Å². The number of carbonyl (C=O) groups excluding carboxylic acids is 1. The lowest BCUT2D eigenvalue weighted by atomic mass is 10.1. The number of carbonyl (C=O) groups is 1. The van der Waals surface area contributed by atoms with E-state index >= 15 is 0 Å². The SMILES string of the molecule is CS[C@@H](C)C(=O)c1c[nH]c2ccccc12. The number of ketones is 1. The van der Waals surface area contributed by atoms with Crippen LogP contribution in [0.25, 0.3) is 10.9 Å². The van der Waals surface area contributed by atoms with Gasteiger partial charge in [0.1, 0.15) is 0 Å². The van der Waals surface area contributed by atoms with Crippen molar-refractivity contribution in [2.24, 2.45) is 0 Å². The Kier molecular flexibility index (Phi) is 2.82. The van der Waals surface area contributed by atoms with Crippen LogP contribution in [0.1, 0.15) is 17.3 Å². The average Bonchev–Trinajstić information content (AvgIpc) is 2.70. The van der Waals surface area contributed by atoms with Crippen LogP contribution in [0.3, 0.4) is 0 Å². The highest BCUT2D eigenvalue weighted by Crippen LogP contribution is 2.21. The smallest absolute Gasteiger partial charge is 0.177 e. The van der Waals surface area contributed by atoms with Crippen molar-refractivity contribution in [1.29, 1.82) is 0 Å². The molecule has 1 aromatic heterocycles. The minimum absolute atomic E-state index is 0.0178. The second kappa shape index (κ2) is 4.11. The van der Waals surface area contributed by atoms with E-state index in [2.05, 4.69) is 4.98 Å². The lowest BCUT2D eigenvalue weighted by Crippen LogP contribution is -2.12. The molecule has 0 bridgehead atoms. The molecule has 0 aliphatic rings. The molecule has 3 heteroatoms. The van der Waals surface area contributed by atoms with E-state index in [4.69, 9.17) is 0 Å². The summed E-state index contributed by atoms with van der Waals surface area (Å²) in [5, 5.41) is 1.03. The van der Waals surface area contributed by atoms with E-state index in [1.807, 2.05) is 37.4 Å². The van der Waals surface area contributed by atoms with E-state index in [9.17, 15) is 4.79 Å². The van der Waals surface area contributed by atoms with Gasteiger partial charge >= 0.3 is 0 Å². The summed E-state index contributed by atoms with van der Waals surface area (Å²) < 4.78 is 0. The number of benzene rings is 1. The van der Waals surface area contributed by atoms with Gasteiger partial charge in [-0.2, -0.15) is 11.8 Å². The van der Waals surface area contributed by atoms with E-state index in [1.165, 1.54) is 0 Å². The summed E-state index contributed by atoms with van der Waals surface area (Å²) in [6.07, 6.45) is 3.76. The largest absolute Gasteiger partial charge is 0.360 e. The summed E-state index contributed by atoms with van der Waals surface area (Å²) in [6, 6.07) is 7.88. The highest BCUT2D eigenvalue weighted by atomic mass is 32.2. The van der Waals surface area contributed by atoms with Gasteiger partial charge in [0.05, 0.1) is 5.25 Å². The van der Waals surface area contributed by atoms with E-state index < -0.39 is 0 Å². The Morgan fingerprint density at radius 2 is 2.13 bits per heavy atom. The fraction of sp³-hybridized carbons (Fsp3) is 0.250. The molecular weight excluding hydrogens is 206 g/mol. The Morgan fingerprint density at radius 1 is 1.40 bits per heavy atom. The number of aromatic nitrogens is 1. The van der Waals surface area contributed by atoms with Crippen LogP contribution in [-0.2, 0) is 0 Å². The van der Waals surface area contributed by atoms with Crippen LogP contribution in [0.4, 0.5) is 0 Å². The fourth-order valence-electron chi connectivity index (χ4n) is 1.60. The molecular formula is C12H13NOS. The molecule has 1 aromatic carbocycles. The van der Waals surface area contributed by atoms with Gasteiger partial charge in [-0.25, -0.2) is 0 Å². The first-order valence-corrected chi connectivity index (χ1v) is 6.16. The summed E-state index contributed by atoms with van der Waals surface area (Å²) in [5.74, 6) is 0.194. The first-order valence-electron chi connectivity index (χ1n) is 4.87. The molecule has 0 fully saturated rings. The second-order valence-corrected chi connectivity index (χ2v) is 4.67. The Bertz CT molecular complexity index is 489. The number of nitrogens with one attached hydrogen (secondary N) is 1. The van der Waals surface area contributed by atoms with Crippen LogP contribution < -0.4 is 0 Å². The summed E-state index contributed by atoms with van der Waals surface area (Å²) >= 11 is 1.58. The van der Waals surface area contributed by atoms with Gasteiger partial charge in [-0.15, -0.1) is 0 Å². The monoisotopic (exact) mass is 219 g/mol. The van der Waals surface area contributed by atoms with Crippen molar-refractivity contribution < 1.29 is 4.79 Å². The predicted molar refractivity (Wildman–Crippen MR) is 65.6 cm³/mol. The number of H-pyrrole nitrogens is 1. The van der Waals surface area contributed by atoms with Gasteiger partial charge in [-0.3, -0.25) is 4.79 Å². The second-order valence-electron chi connectivity index (χ2n) is 3.49. The minimum Gasteiger partial charge on any atom is -0.360 e. The molecule has 0 amide bonds. The Labute approximate surface area is 93.1 Å². The maximum atomic E-state index is 12.0. The zero-order chi connectivity index (χ0) is 10.8. The lowest BCUT2D eigenvalue weighted by Gasteiger charge is -2.05. The van der Waals surface area contributed by atoms with Crippen LogP contribution in [0, 0.1) is 0 Å². The third-order valence-electron chi connectivity index (χ3n) is 2.58. The average molecular weight is 219 g/mol. The molecule has 2 nitrogen and oxygen atoms in total. The number of hydrogen-bond acceptors (Lipinski definition) is 2. The van der Waals surface area contributed by atoms with E-state index in [0.717, 1.165) is 16.5 Å². The van der Waals surface area contributed by atoms with Crippen molar-refractivity contribution in [2.75, 3.05) is 6.26 Å². The van der Waals surface area contributed by atoms with Gasteiger partial charge in [0.15, 0.2) is 5.78 Å². The molecule has 1 N–H and O–H groups in total. The molecule has 15 heavy (non-hydrogen) atoms. The minimum atomic E-state index is 0.0178. The third-order valence-corrected chi connectivity index (χ3v) is 3.50. The number of hydrogen-bond donors (Lipinski definition) is 1. The number of para-hydroxylation sites is 1. The molecule has 0 aliphatic carbocycles. The first-order chi connectivity index (χ1) is 7.24. The van der Waals surface area contributed by atoms with E-state index in [0.29, 0.717) is 0 Å². The normalized spacial score (nSPS) is 12.9. The molecule has 2 aromatic rings. The molecule has 0 aliphatic heterocycles. The van der Waals surface area contributed by atoms with Crippen LogP contribution in [0.5, 0.6) is 0 Å². The topological polar surface area (TPSA) is 32.9 Å². The number of rotatable bonds is 3. The standard InChI is InChI=1S/C12H13NOS/c1-8(15-2)12(14)10-7-13-11-6-4-3-5-9(10)11/h3-8,13H,1-2H3/t8-/m0/s1. The summed E-state index contributed by atoms with van der Waals surface area (Å²) in [4.78, 5) is 15.1. The molecule has 0 radical (unpaired) electrons. The predicted octanol–water partition coefficient (Wildman–Crippen LogP) is 3.10. The molecule has 1 atom stereocenters. The Morgan fingerprint density at radius 3 is 2.87 bits per heavy atom. The lowest BCUT2D eigenvalue weighted by molar-refractivity contribution is 0.0995. The zero-order valence-electron chi connectivity index (χ0n) is 8.78. The molecule has 0 saturated heterocycles. The van der Waals surface area contributed by atoms with Gasteiger partial charge in [-0.1, -0.05) is 18.2 Å². The molecule has 78 valence electrons. The summed E-state index contributed by atoms with van der Waals surface area (Å²) in [6.45, 7) is 1.94. The maximum Gasteiger partial charge on any atom is 0.177 e. The van der Waals surface area contributed by atoms with Crippen molar-refractivity contribution >= 4 is 28.4 Å². The van der Waals surface area contributed by atoms with Crippen molar-refractivity contribution in [2.45, 2.75) is 12.2 Å². The van der Waals surface area contributed by atoms with Crippen LogP contribution in [0.2, 0.25) is 0 Å². The summed E-state index contributed by atoms with van der Waals surface area (Å²) in [5.41, 5.74) is 1.82. The van der Waals surface area contributed by atoms with Gasteiger partial charge in [0, 0.05) is 22.7 Å². The quantitative estimate of drug-likeness (QED) is 0.805. The Balaban J connectivity index is 2.48. The number of Topliss-reactive ketones (excluding diaryl/α,β-unsaturated/α-hetero) is 1. The van der Waals surface area contributed by atoms with Crippen LogP contribution in [-0.4, -0.2) is 22.3 Å². The van der Waals surface area contributed by atoms with E-state index in [-0.39, 0.29) is 11.0 Å². The van der Waals surface area contributed by atoms with Crippen molar-refractivity contribution in [1.82, 2.24) is 4.98 Å². The van der Waals surface area contributed by atoms with Crippen LogP contribution >= 0.6 is 11.8 Å². The van der Waals surface area contributed by atoms with Crippen molar-refractivity contribution in [3.05, 3.63) is 36.0 Å². The maximum absolute atomic E-state index is 12.0. The van der Waals surface area contributed by atoms with Crippen molar-refractivity contribution in [3.63, 3.8) is 0 Å². The zero-order valence-corrected chi connectivity index (χ0v) is 9.60. The fourth-order valence-corrected chi connectivity index (χ4v) is 1.94. The molecule has 0 spiro atoms. The molecule has 2 rings (SSSR count). The van der Waals surface area contributed by atoms with Crippen molar-refractivity contribution in [3.8, 4) is 0 Å².